The molecular weight excluding hydrogens is 350 g/mol. The Balaban J connectivity index is 1.56. The molecule has 6 nitrogen and oxygen atoms in total. The summed E-state index contributed by atoms with van der Waals surface area (Å²) in [6.45, 7) is 5.11. The van der Waals surface area contributed by atoms with E-state index in [4.69, 9.17) is 11.6 Å². The Morgan fingerprint density at radius 2 is 1.96 bits per heavy atom. The first-order chi connectivity index (χ1) is 12.5. The van der Waals surface area contributed by atoms with Crippen LogP contribution in [0.1, 0.15) is 28.2 Å². The molecule has 134 valence electrons. The molecule has 0 fully saturated rings. The fraction of sp³-hybridized carbons (Fsp3) is 0.263. The van der Waals surface area contributed by atoms with Crippen LogP contribution >= 0.6 is 11.6 Å². The monoisotopic (exact) mass is 369 g/mol. The molecule has 0 aliphatic heterocycles. The summed E-state index contributed by atoms with van der Waals surface area (Å²) >= 11 is 5.82. The maximum absolute atomic E-state index is 12.2. The van der Waals surface area contributed by atoms with E-state index in [1.165, 1.54) is 0 Å². The van der Waals surface area contributed by atoms with Gasteiger partial charge in [0.1, 0.15) is 0 Å². The molecule has 7 heteroatoms. The molecule has 0 spiro atoms. The molecule has 0 aliphatic rings. The van der Waals surface area contributed by atoms with Gasteiger partial charge in [-0.05, 0) is 32.4 Å². The number of hydrogen-bond donors (Lipinski definition) is 1. The summed E-state index contributed by atoms with van der Waals surface area (Å²) in [7, 11) is 0. The Morgan fingerprint density at radius 3 is 2.65 bits per heavy atom. The lowest BCUT2D eigenvalue weighted by atomic mass is 10.1. The molecule has 3 rings (SSSR count). The average Bonchev–Trinajstić information content (AvgIpc) is 3.06. The van der Waals surface area contributed by atoms with Gasteiger partial charge in [0.15, 0.2) is 0 Å². The Labute approximate surface area is 157 Å². The van der Waals surface area contributed by atoms with Crippen LogP contribution in [-0.2, 0) is 6.54 Å². The van der Waals surface area contributed by atoms with Crippen molar-refractivity contribution in [3.05, 3.63) is 64.8 Å². The number of nitrogens with one attached hydrogen (secondary N) is 1. The van der Waals surface area contributed by atoms with Crippen molar-refractivity contribution < 1.29 is 4.79 Å². The number of rotatable bonds is 6. The molecule has 2 aromatic heterocycles. The van der Waals surface area contributed by atoms with Crippen LogP contribution < -0.4 is 5.32 Å². The molecule has 0 bridgehead atoms. The summed E-state index contributed by atoms with van der Waals surface area (Å²) in [5.41, 5.74) is 4.15. The molecule has 0 aliphatic carbocycles. The highest BCUT2D eigenvalue weighted by atomic mass is 35.5. The van der Waals surface area contributed by atoms with E-state index in [9.17, 15) is 4.79 Å². The second-order valence-electron chi connectivity index (χ2n) is 6.05. The normalized spacial score (nSPS) is 10.7. The Morgan fingerprint density at radius 1 is 1.19 bits per heavy atom. The predicted molar refractivity (Wildman–Crippen MR) is 101 cm³/mol. The van der Waals surface area contributed by atoms with Gasteiger partial charge in [0.25, 0.3) is 5.91 Å². The van der Waals surface area contributed by atoms with Gasteiger partial charge in [-0.3, -0.25) is 14.5 Å². The minimum Gasteiger partial charge on any atom is -0.352 e. The molecule has 0 radical (unpaired) electrons. The molecule has 26 heavy (non-hydrogen) atoms. The van der Waals surface area contributed by atoms with Crippen LogP contribution in [0.2, 0.25) is 5.02 Å². The lowest BCUT2D eigenvalue weighted by Crippen LogP contribution is -2.25. The minimum absolute atomic E-state index is 0.0953. The second kappa shape index (κ2) is 8.10. The first-order valence-electron chi connectivity index (χ1n) is 8.40. The van der Waals surface area contributed by atoms with E-state index < -0.39 is 0 Å². The van der Waals surface area contributed by atoms with E-state index in [1.54, 1.807) is 35.4 Å². The van der Waals surface area contributed by atoms with Crippen molar-refractivity contribution >= 4 is 17.5 Å². The molecule has 3 aromatic rings. The quantitative estimate of drug-likeness (QED) is 0.675. The van der Waals surface area contributed by atoms with E-state index in [2.05, 4.69) is 20.4 Å². The Kier molecular flexibility index (Phi) is 5.63. The van der Waals surface area contributed by atoms with Crippen LogP contribution in [0, 0.1) is 13.8 Å². The summed E-state index contributed by atoms with van der Waals surface area (Å²) in [4.78, 5) is 21.1. The van der Waals surface area contributed by atoms with Gasteiger partial charge < -0.3 is 5.32 Å². The van der Waals surface area contributed by atoms with Crippen LogP contribution in [0.3, 0.4) is 0 Å². The number of carbonyl (C=O) groups excluding carboxylic acids is 1. The van der Waals surface area contributed by atoms with Gasteiger partial charge in [-0.2, -0.15) is 5.10 Å². The summed E-state index contributed by atoms with van der Waals surface area (Å²) in [6.07, 6.45) is 5.89. The highest BCUT2D eigenvalue weighted by Crippen LogP contribution is 2.20. The van der Waals surface area contributed by atoms with E-state index >= 15 is 0 Å². The minimum atomic E-state index is -0.0953. The van der Waals surface area contributed by atoms with Crippen LogP contribution in [0.15, 0.2) is 42.9 Å². The third-order valence-electron chi connectivity index (χ3n) is 3.95. The van der Waals surface area contributed by atoms with Crippen LogP contribution in [0.25, 0.3) is 11.3 Å². The Hall–Kier alpha value is -2.73. The molecule has 1 N–H and O–H groups in total. The van der Waals surface area contributed by atoms with Gasteiger partial charge in [0, 0.05) is 36.6 Å². The lowest BCUT2D eigenvalue weighted by molar-refractivity contribution is 0.0952. The summed E-state index contributed by atoms with van der Waals surface area (Å²) in [6, 6.07) is 7.41. The third-order valence-corrected chi connectivity index (χ3v) is 4.14. The third kappa shape index (κ3) is 4.46. The number of nitrogens with zero attached hydrogens (tertiary/aromatic N) is 4. The standard InChI is InChI=1S/C19H20ClN5O/c1-13-10-22-14(2)18(24-13)15-4-6-16(7-5-15)19(26)21-8-3-9-25-12-17(20)11-23-25/h4-7,10-12H,3,8-9H2,1-2H3,(H,21,26). The number of carbonyl (C=O) groups is 1. The highest BCUT2D eigenvalue weighted by molar-refractivity contribution is 6.30. The van der Waals surface area contributed by atoms with Gasteiger partial charge in [0.2, 0.25) is 0 Å². The maximum Gasteiger partial charge on any atom is 0.251 e. The van der Waals surface area contributed by atoms with Crippen molar-refractivity contribution in [1.82, 2.24) is 25.1 Å². The number of halogens is 1. The molecular formula is C19H20ClN5O. The molecule has 0 atom stereocenters. The number of hydrogen-bond acceptors (Lipinski definition) is 4. The topological polar surface area (TPSA) is 72.7 Å². The van der Waals surface area contributed by atoms with Gasteiger partial charge in [0.05, 0.1) is 28.3 Å². The molecule has 2 heterocycles. The Bertz CT molecular complexity index is 905. The SMILES string of the molecule is Cc1cnc(C)c(-c2ccc(C(=O)NCCCn3cc(Cl)cn3)cc2)n1. The molecule has 0 saturated carbocycles. The fourth-order valence-electron chi connectivity index (χ4n) is 2.60. The number of benzene rings is 1. The van der Waals surface area contributed by atoms with Crippen LogP contribution in [0.5, 0.6) is 0 Å². The van der Waals surface area contributed by atoms with Crippen LogP contribution in [0.4, 0.5) is 0 Å². The maximum atomic E-state index is 12.2. The molecule has 1 amide bonds. The first kappa shape index (κ1) is 18.1. The van der Waals surface area contributed by atoms with Crippen molar-refractivity contribution in [2.45, 2.75) is 26.8 Å². The zero-order valence-electron chi connectivity index (χ0n) is 14.7. The fourth-order valence-corrected chi connectivity index (χ4v) is 2.75. The summed E-state index contributed by atoms with van der Waals surface area (Å²) < 4.78 is 1.76. The second-order valence-corrected chi connectivity index (χ2v) is 6.49. The highest BCUT2D eigenvalue weighted by Gasteiger charge is 2.08. The van der Waals surface area contributed by atoms with Crippen molar-refractivity contribution in [2.75, 3.05) is 6.54 Å². The van der Waals surface area contributed by atoms with Crippen molar-refractivity contribution in [1.29, 1.82) is 0 Å². The van der Waals surface area contributed by atoms with Gasteiger partial charge in [-0.25, -0.2) is 4.98 Å². The van der Waals surface area contributed by atoms with Gasteiger partial charge in [-0.15, -0.1) is 0 Å². The zero-order valence-corrected chi connectivity index (χ0v) is 15.5. The van der Waals surface area contributed by atoms with E-state index in [0.29, 0.717) is 23.7 Å². The largest absolute Gasteiger partial charge is 0.352 e. The predicted octanol–water partition coefficient (Wildman–Crippen LogP) is 3.43. The van der Waals surface area contributed by atoms with Crippen molar-refractivity contribution in [2.24, 2.45) is 0 Å². The smallest absolute Gasteiger partial charge is 0.251 e. The van der Waals surface area contributed by atoms with E-state index in [1.807, 2.05) is 26.0 Å². The number of amides is 1. The summed E-state index contributed by atoms with van der Waals surface area (Å²) in [5.74, 6) is -0.0953. The van der Waals surface area contributed by atoms with Crippen molar-refractivity contribution in [3.63, 3.8) is 0 Å². The van der Waals surface area contributed by atoms with Gasteiger partial charge in [-0.1, -0.05) is 23.7 Å². The molecule has 1 aromatic carbocycles. The number of aromatic nitrogens is 4. The first-order valence-corrected chi connectivity index (χ1v) is 8.77. The van der Waals surface area contributed by atoms with E-state index in [0.717, 1.165) is 29.1 Å². The number of aryl methyl sites for hydroxylation is 3. The van der Waals surface area contributed by atoms with Gasteiger partial charge >= 0.3 is 0 Å². The molecule has 0 unspecified atom stereocenters. The van der Waals surface area contributed by atoms with E-state index in [-0.39, 0.29) is 5.91 Å². The molecule has 0 saturated heterocycles. The zero-order chi connectivity index (χ0) is 18.5. The van der Waals surface area contributed by atoms with Crippen LogP contribution in [-0.4, -0.2) is 32.2 Å². The lowest BCUT2D eigenvalue weighted by Gasteiger charge is -2.08. The van der Waals surface area contributed by atoms with Crippen molar-refractivity contribution in [3.8, 4) is 11.3 Å². The summed E-state index contributed by atoms with van der Waals surface area (Å²) in [5, 5.41) is 7.63. The average molecular weight is 370 g/mol.